The number of hydrogen-bond acceptors (Lipinski definition) is 5. The smallest absolute Gasteiger partial charge is 0.161 e. The molecule has 146 valence electrons. The fourth-order valence-corrected chi connectivity index (χ4v) is 4.94. The van der Waals surface area contributed by atoms with Gasteiger partial charge in [-0.3, -0.25) is 0 Å². The molecule has 1 aromatic carbocycles. The first kappa shape index (κ1) is 20.7. The highest BCUT2D eigenvalue weighted by Crippen LogP contribution is 2.54. The molecule has 1 aromatic rings. The first-order valence-electron chi connectivity index (χ1n) is 9.45. The number of aldehydes is 1. The molecule has 0 saturated heterocycles. The minimum absolute atomic E-state index is 0.194. The van der Waals surface area contributed by atoms with Crippen LogP contribution in [0.1, 0.15) is 43.7 Å². The van der Waals surface area contributed by atoms with E-state index in [4.69, 9.17) is 9.47 Å². The number of ether oxygens (including phenoxy) is 2. The lowest BCUT2D eigenvalue weighted by Gasteiger charge is -2.51. The summed E-state index contributed by atoms with van der Waals surface area (Å²) in [5, 5.41) is 11.0. The van der Waals surface area contributed by atoms with Crippen LogP contribution in [0.15, 0.2) is 12.1 Å². The Morgan fingerprint density at radius 3 is 2.62 bits per heavy atom. The zero-order chi connectivity index (χ0) is 19.3. The van der Waals surface area contributed by atoms with Crippen LogP contribution < -0.4 is 4.74 Å². The van der Waals surface area contributed by atoms with Gasteiger partial charge in [-0.15, -0.1) is 0 Å². The van der Waals surface area contributed by atoms with Gasteiger partial charge < -0.3 is 24.3 Å². The molecule has 3 atom stereocenters. The lowest BCUT2D eigenvalue weighted by molar-refractivity contribution is -0.110. The normalized spacial score (nSPS) is 25.2. The van der Waals surface area contributed by atoms with Crippen molar-refractivity contribution in [3.05, 3.63) is 23.3 Å². The Bertz CT molecular complexity index is 616. The molecule has 0 heterocycles. The van der Waals surface area contributed by atoms with Gasteiger partial charge in [0.15, 0.2) is 11.5 Å². The SMILES string of the molecule is CCC[C@]1(CC=O)c2c(ccc(OC)c2O)CC(N(C)C)C1CCOC. The predicted octanol–water partition coefficient (Wildman–Crippen LogP) is 3.17. The van der Waals surface area contributed by atoms with Crippen LogP contribution in [0.2, 0.25) is 0 Å². The number of hydrogen-bond donors (Lipinski definition) is 1. The van der Waals surface area contributed by atoms with Crippen LogP contribution in [0.3, 0.4) is 0 Å². The van der Waals surface area contributed by atoms with E-state index < -0.39 is 5.41 Å². The average Bonchev–Trinajstić information content (AvgIpc) is 2.61. The Balaban J connectivity index is 2.73. The third kappa shape index (κ3) is 3.60. The van der Waals surface area contributed by atoms with E-state index in [9.17, 15) is 9.90 Å². The van der Waals surface area contributed by atoms with E-state index in [1.165, 1.54) is 0 Å². The fraction of sp³-hybridized carbons (Fsp3) is 0.667. The molecule has 0 amide bonds. The van der Waals surface area contributed by atoms with Gasteiger partial charge in [-0.25, -0.2) is 0 Å². The van der Waals surface area contributed by atoms with E-state index in [1.54, 1.807) is 14.2 Å². The number of aromatic hydroxyl groups is 1. The summed E-state index contributed by atoms with van der Waals surface area (Å²) in [4.78, 5) is 14.0. The van der Waals surface area contributed by atoms with E-state index in [-0.39, 0.29) is 17.7 Å². The standard InChI is InChI=1S/C21H33NO4/c1-6-10-21(11-12-23)16(9-13-25-4)17(22(2)3)14-15-7-8-18(26-5)20(24)19(15)21/h7-8,12,16-17,24H,6,9-11,13-14H2,1-5H3/t16?,17?,21-/m1/s1. The topological polar surface area (TPSA) is 59.0 Å². The number of phenolic OH excluding ortho intramolecular Hbond substituents is 1. The zero-order valence-corrected chi connectivity index (χ0v) is 16.7. The fourth-order valence-electron chi connectivity index (χ4n) is 4.94. The molecule has 0 spiro atoms. The van der Waals surface area contributed by atoms with Gasteiger partial charge in [0, 0.05) is 37.2 Å². The van der Waals surface area contributed by atoms with Gasteiger partial charge in [0.2, 0.25) is 0 Å². The Kier molecular flexibility index (Phi) is 7.07. The minimum Gasteiger partial charge on any atom is -0.504 e. The van der Waals surface area contributed by atoms with Crippen LogP contribution in [-0.2, 0) is 21.4 Å². The van der Waals surface area contributed by atoms with Crippen molar-refractivity contribution >= 4 is 6.29 Å². The highest BCUT2D eigenvalue weighted by Gasteiger charge is 2.50. The number of methoxy groups -OCH3 is 2. The van der Waals surface area contributed by atoms with Gasteiger partial charge in [0.1, 0.15) is 6.29 Å². The minimum atomic E-state index is -0.407. The third-order valence-electron chi connectivity index (χ3n) is 5.99. The average molecular weight is 363 g/mol. The zero-order valence-electron chi connectivity index (χ0n) is 16.7. The van der Waals surface area contributed by atoms with Crippen molar-refractivity contribution in [3.8, 4) is 11.5 Å². The van der Waals surface area contributed by atoms with Crippen molar-refractivity contribution in [2.24, 2.45) is 5.92 Å². The monoisotopic (exact) mass is 363 g/mol. The molecule has 1 N–H and O–H groups in total. The molecule has 26 heavy (non-hydrogen) atoms. The van der Waals surface area contributed by atoms with Crippen LogP contribution in [0.5, 0.6) is 11.5 Å². The van der Waals surface area contributed by atoms with E-state index in [1.807, 2.05) is 12.1 Å². The van der Waals surface area contributed by atoms with Crippen molar-refractivity contribution in [1.29, 1.82) is 0 Å². The number of fused-ring (bicyclic) bond motifs is 1. The second kappa shape index (κ2) is 8.87. The largest absolute Gasteiger partial charge is 0.504 e. The van der Waals surface area contributed by atoms with Gasteiger partial charge >= 0.3 is 0 Å². The number of rotatable bonds is 9. The first-order valence-corrected chi connectivity index (χ1v) is 9.45. The molecule has 0 aliphatic heterocycles. The lowest BCUT2D eigenvalue weighted by atomic mass is 9.56. The summed E-state index contributed by atoms with van der Waals surface area (Å²) in [5.41, 5.74) is 1.62. The quantitative estimate of drug-likeness (QED) is 0.683. The summed E-state index contributed by atoms with van der Waals surface area (Å²) >= 11 is 0. The number of carbonyl (C=O) groups is 1. The Morgan fingerprint density at radius 1 is 1.35 bits per heavy atom. The van der Waals surface area contributed by atoms with E-state index >= 15 is 0 Å². The van der Waals surface area contributed by atoms with E-state index in [2.05, 4.69) is 25.9 Å². The molecule has 0 radical (unpaired) electrons. The first-order chi connectivity index (χ1) is 12.5. The van der Waals surface area contributed by atoms with Crippen LogP contribution >= 0.6 is 0 Å². The second-order valence-corrected chi connectivity index (χ2v) is 7.55. The maximum atomic E-state index is 11.8. The Labute approximate surface area is 157 Å². The molecule has 2 rings (SSSR count). The van der Waals surface area contributed by atoms with Crippen molar-refractivity contribution < 1.29 is 19.4 Å². The molecule has 5 heteroatoms. The molecule has 0 saturated carbocycles. The summed E-state index contributed by atoms with van der Waals surface area (Å²) < 4.78 is 10.8. The number of carbonyl (C=O) groups excluding carboxylic acids is 1. The molecule has 0 aromatic heterocycles. The van der Waals surface area contributed by atoms with Crippen molar-refractivity contribution in [3.63, 3.8) is 0 Å². The summed E-state index contributed by atoms with van der Waals surface area (Å²) in [6.45, 7) is 2.77. The van der Waals surface area contributed by atoms with Gasteiger partial charge in [0.05, 0.1) is 7.11 Å². The van der Waals surface area contributed by atoms with Crippen LogP contribution in [0.25, 0.3) is 0 Å². The maximum absolute atomic E-state index is 11.8. The summed E-state index contributed by atoms with van der Waals surface area (Å²) in [6.07, 6.45) is 4.89. The molecule has 0 fully saturated rings. The van der Waals surface area contributed by atoms with Crippen LogP contribution in [0, 0.1) is 5.92 Å². The predicted molar refractivity (Wildman–Crippen MR) is 103 cm³/mol. The molecular weight excluding hydrogens is 330 g/mol. The Morgan fingerprint density at radius 2 is 2.08 bits per heavy atom. The summed E-state index contributed by atoms with van der Waals surface area (Å²) in [7, 11) is 7.46. The van der Waals surface area contributed by atoms with Gasteiger partial charge in [-0.05, 0) is 50.9 Å². The third-order valence-corrected chi connectivity index (χ3v) is 5.99. The van der Waals surface area contributed by atoms with Crippen LogP contribution in [0.4, 0.5) is 0 Å². The molecule has 0 bridgehead atoms. The van der Waals surface area contributed by atoms with Crippen molar-refractivity contribution in [2.45, 2.75) is 50.5 Å². The number of benzene rings is 1. The maximum Gasteiger partial charge on any atom is 0.161 e. The highest BCUT2D eigenvalue weighted by atomic mass is 16.5. The summed E-state index contributed by atoms with van der Waals surface area (Å²) in [5.74, 6) is 0.886. The van der Waals surface area contributed by atoms with Gasteiger partial charge in [0.25, 0.3) is 0 Å². The Hall–Kier alpha value is -1.59. The number of phenols is 1. The van der Waals surface area contributed by atoms with Gasteiger partial charge in [-0.1, -0.05) is 19.4 Å². The molecule has 1 aliphatic rings. The van der Waals surface area contributed by atoms with E-state index in [0.29, 0.717) is 18.8 Å². The lowest BCUT2D eigenvalue weighted by Crippen LogP contribution is -2.53. The summed E-state index contributed by atoms with van der Waals surface area (Å²) in [6, 6.07) is 4.16. The molecular formula is C21H33NO4. The molecule has 1 aliphatic carbocycles. The highest BCUT2D eigenvalue weighted by molar-refractivity contribution is 5.61. The molecule has 2 unspecified atom stereocenters. The second-order valence-electron chi connectivity index (χ2n) is 7.55. The van der Waals surface area contributed by atoms with E-state index in [0.717, 1.165) is 43.1 Å². The van der Waals surface area contributed by atoms with Crippen LogP contribution in [-0.4, -0.2) is 57.3 Å². The molecule has 5 nitrogen and oxygen atoms in total. The van der Waals surface area contributed by atoms with Crippen molar-refractivity contribution in [2.75, 3.05) is 34.9 Å². The van der Waals surface area contributed by atoms with Gasteiger partial charge in [-0.2, -0.15) is 0 Å². The number of likely N-dealkylation sites (N-methyl/N-ethyl adjacent to an activating group) is 1. The van der Waals surface area contributed by atoms with Crippen molar-refractivity contribution in [1.82, 2.24) is 4.90 Å². The number of nitrogens with zero attached hydrogens (tertiary/aromatic N) is 1.